The van der Waals surface area contributed by atoms with E-state index in [2.05, 4.69) is 84.0 Å². The molecule has 0 saturated carbocycles. The van der Waals surface area contributed by atoms with Gasteiger partial charge in [0.15, 0.2) is 8.32 Å². The summed E-state index contributed by atoms with van der Waals surface area (Å²) in [6.45, 7) is 24.1. The Labute approximate surface area is 200 Å². The van der Waals surface area contributed by atoms with Crippen molar-refractivity contribution in [2.75, 3.05) is 0 Å². The summed E-state index contributed by atoms with van der Waals surface area (Å²) >= 11 is 1.66. The molecule has 32 heavy (non-hydrogen) atoms. The van der Waals surface area contributed by atoms with Gasteiger partial charge >= 0.3 is 0 Å². The van der Waals surface area contributed by atoms with Gasteiger partial charge in [-0.05, 0) is 55.4 Å². The largest absolute Gasteiger partial charge is 0.412 e. The molecule has 0 radical (unpaired) electrons. The lowest BCUT2D eigenvalue weighted by molar-refractivity contribution is 0.264. The molecule has 0 unspecified atom stereocenters. The van der Waals surface area contributed by atoms with Crippen LogP contribution in [0.1, 0.15) is 79.0 Å². The molecule has 178 valence electrons. The Morgan fingerprint density at radius 3 is 2.00 bits per heavy atom. The first-order valence-corrected chi connectivity index (χ1v) is 15.3. The molecule has 0 atom stereocenters. The van der Waals surface area contributed by atoms with Crippen molar-refractivity contribution in [3.05, 3.63) is 57.5 Å². The van der Waals surface area contributed by atoms with Gasteiger partial charge in [0.05, 0.1) is 23.9 Å². The van der Waals surface area contributed by atoms with Crippen LogP contribution in [0.3, 0.4) is 0 Å². The highest BCUT2D eigenvalue weighted by Crippen LogP contribution is 2.37. The first kappa shape index (κ1) is 26.9. The molecule has 0 bridgehead atoms. The third kappa shape index (κ3) is 6.58. The van der Waals surface area contributed by atoms with Crippen LogP contribution in [0.4, 0.5) is 0 Å². The van der Waals surface area contributed by atoms with Gasteiger partial charge in [-0.15, -0.1) is 11.8 Å². The fraction of sp³-hybridized carbons (Fsp3) is 0.615. The molecular weight excluding hydrogens is 432 g/mol. The Kier molecular flexibility index (Phi) is 7.96. The molecule has 1 aromatic heterocycles. The zero-order chi connectivity index (χ0) is 24.5. The topological polar surface area (TPSA) is 44.1 Å². The molecule has 0 amide bonds. The SMILES string of the molecule is CC(C)(C)c1ccc(CSc2cnn(C(C)(C)C)c(=O)c2CO[Si](C)(C)C(C)(C)C)cc1. The molecule has 0 fully saturated rings. The van der Waals surface area contributed by atoms with Gasteiger partial charge in [-0.2, -0.15) is 5.10 Å². The summed E-state index contributed by atoms with van der Waals surface area (Å²) in [5.41, 5.74) is 2.99. The average molecular weight is 475 g/mol. The summed E-state index contributed by atoms with van der Waals surface area (Å²) in [6, 6.07) is 8.77. The van der Waals surface area contributed by atoms with E-state index in [1.54, 1.807) is 16.4 Å². The van der Waals surface area contributed by atoms with Crippen molar-refractivity contribution in [3.8, 4) is 0 Å². The minimum absolute atomic E-state index is 0.0516. The van der Waals surface area contributed by atoms with Gasteiger partial charge in [-0.3, -0.25) is 4.79 Å². The Balaban J connectivity index is 2.33. The lowest BCUT2D eigenvalue weighted by atomic mass is 9.87. The van der Waals surface area contributed by atoms with E-state index in [4.69, 9.17) is 4.43 Å². The van der Waals surface area contributed by atoms with E-state index in [-0.39, 0.29) is 21.6 Å². The van der Waals surface area contributed by atoms with Crippen molar-refractivity contribution in [1.29, 1.82) is 0 Å². The van der Waals surface area contributed by atoms with Gasteiger partial charge in [0.2, 0.25) is 0 Å². The minimum atomic E-state index is -1.99. The highest BCUT2D eigenvalue weighted by molar-refractivity contribution is 7.98. The second kappa shape index (κ2) is 9.47. The summed E-state index contributed by atoms with van der Waals surface area (Å²) in [5.74, 6) is 0.790. The van der Waals surface area contributed by atoms with Crippen LogP contribution in [0.2, 0.25) is 18.1 Å². The summed E-state index contributed by atoms with van der Waals surface area (Å²) in [7, 11) is -1.99. The van der Waals surface area contributed by atoms with Crippen molar-refractivity contribution < 1.29 is 4.43 Å². The van der Waals surface area contributed by atoms with Crippen LogP contribution in [0.5, 0.6) is 0 Å². The predicted octanol–water partition coefficient (Wildman–Crippen LogP) is 7.11. The Bertz CT molecular complexity index is 975. The number of nitrogens with zero attached hydrogens (tertiary/aromatic N) is 2. The van der Waals surface area contributed by atoms with Crippen LogP contribution in [-0.2, 0) is 27.7 Å². The molecule has 6 heteroatoms. The first-order chi connectivity index (χ1) is 14.4. The van der Waals surface area contributed by atoms with Crippen LogP contribution in [0, 0.1) is 0 Å². The molecule has 4 nitrogen and oxygen atoms in total. The van der Waals surface area contributed by atoms with E-state index >= 15 is 0 Å². The normalized spacial score (nSPS) is 13.5. The fourth-order valence-corrected chi connectivity index (χ4v) is 4.83. The molecule has 2 rings (SSSR count). The molecule has 2 aromatic rings. The third-order valence-electron chi connectivity index (χ3n) is 6.27. The Morgan fingerprint density at radius 2 is 1.53 bits per heavy atom. The highest BCUT2D eigenvalue weighted by Gasteiger charge is 2.37. The second-order valence-electron chi connectivity index (χ2n) is 12.2. The van der Waals surface area contributed by atoms with Crippen LogP contribution in [-0.4, -0.2) is 18.1 Å². The van der Waals surface area contributed by atoms with E-state index in [0.717, 1.165) is 16.2 Å². The van der Waals surface area contributed by atoms with Crippen molar-refractivity contribution in [2.24, 2.45) is 0 Å². The molecule has 0 aliphatic heterocycles. The maximum Gasteiger partial charge on any atom is 0.273 e. The molecule has 1 aromatic carbocycles. The van der Waals surface area contributed by atoms with Gasteiger partial charge in [-0.1, -0.05) is 65.8 Å². The monoisotopic (exact) mass is 474 g/mol. The predicted molar refractivity (Wildman–Crippen MR) is 140 cm³/mol. The molecule has 1 heterocycles. The van der Waals surface area contributed by atoms with Gasteiger partial charge < -0.3 is 4.43 Å². The standard InChI is InChI=1S/C26H42N2O2SSi/c1-24(2,3)20-14-12-19(13-15-20)18-31-22-16-27-28(25(4,5)6)23(29)21(22)17-30-32(10,11)26(7,8)9/h12-16H,17-18H2,1-11H3. The lowest BCUT2D eigenvalue weighted by Gasteiger charge is -2.36. The Hall–Kier alpha value is -1.37. The van der Waals surface area contributed by atoms with Gasteiger partial charge in [0.25, 0.3) is 5.56 Å². The smallest absolute Gasteiger partial charge is 0.273 e. The zero-order valence-corrected chi connectivity index (χ0v) is 23.7. The number of aromatic nitrogens is 2. The lowest BCUT2D eigenvalue weighted by Crippen LogP contribution is -2.42. The van der Waals surface area contributed by atoms with Gasteiger partial charge in [0, 0.05) is 10.6 Å². The van der Waals surface area contributed by atoms with Gasteiger partial charge in [-0.25, -0.2) is 4.68 Å². The van der Waals surface area contributed by atoms with Gasteiger partial charge in [0.1, 0.15) is 0 Å². The van der Waals surface area contributed by atoms with E-state index in [1.165, 1.54) is 11.1 Å². The van der Waals surface area contributed by atoms with Crippen molar-refractivity contribution in [3.63, 3.8) is 0 Å². The number of hydrogen-bond acceptors (Lipinski definition) is 4. The quantitative estimate of drug-likeness (QED) is 0.330. The second-order valence-corrected chi connectivity index (χ2v) is 18.0. The summed E-state index contributed by atoms with van der Waals surface area (Å²) in [5, 5.41) is 4.59. The fourth-order valence-electron chi connectivity index (χ4n) is 2.94. The van der Waals surface area contributed by atoms with Crippen molar-refractivity contribution >= 4 is 20.1 Å². The number of rotatable bonds is 6. The molecule has 0 N–H and O–H groups in total. The maximum atomic E-state index is 13.4. The summed E-state index contributed by atoms with van der Waals surface area (Å²) in [4.78, 5) is 14.3. The Morgan fingerprint density at radius 1 is 0.969 bits per heavy atom. The van der Waals surface area contributed by atoms with E-state index in [1.807, 2.05) is 27.0 Å². The molecule has 0 spiro atoms. The van der Waals surface area contributed by atoms with Crippen LogP contribution in [0.25, 0.3) is 0 Å². The van der Waals surface area contributed by atoms with Crippen molar-refractivity contribution in [2.45, 2.75) is 109 Å². The molecule has 0 saturated heterocycles. The van der Waals surface area contributed by atoms with E-state index in [0.29, 0.717) is 6.61 Å². The molecular formula is C26H42N2O2SSi. The average Bonchev–Trinajstić information content (AvgIpc) is 2.63. The maximum absolute atomic E-state index is 13.4. The first-order valence-electron chi connectivity index (χ1n) is 11.4. The summed E-state index contributed by atoms with van der Waals surface area (Å²) < 4.78 is 8.04. The molecule has 0 aliphatic rings. The van der Waals surface area contributed by atoms with Crippen molar-refractivity contribution in [1.82, 2.24) is 9.78 Å². The molecule has 0 aliphatic carbocycles. The number of benzene rings is 1. The number of hydrogen-bond donors (Lipinski definition) is 0. The third-order valence-corrected chi connectivity index (χ3v) is 11.9. The van der Waals surface area contributed by atoms with Crippen LogP contribution in [0.15, 0.2) is 40.2 Å². The van der Waals surface area contributed by atoms with Crippen LogP contribution >= 0.6 is 11.8 Å². The zero-order valence-electron chi connectivity index (χ0n) is 21.9. The van der Waals surface area contributed by atoms with E-state index < -0.39 is 8.32 Å². The van der Waals surface area contributed by atoms with E-state index in [9.17, 15) is 4.79 Å². The highest BCUT2D eigenvalue weighted by atomic mass is 32.2. The minimum Gasteiger partial charge on any atom is -0.412 e. The number of thioether (sulfide) groups is 1. The van der Waals surface area contributed by atoms with Crippen LogP contribution < -0.4 is 5.56 Å². The summed E-state index contributed by atoms with van der Waals surface area (Å²) in [6.07, 6.45) is 1.84.